The molecule has 0 aliphatic carbocycles. The van der Waals surface area contributed by atoms with Crippen LogP contribution in [-0.2, 0) is 0 Å². The summed E-state index contributed by atoms with van der Waals surface area (Å²) in [5.74, 6) is 4.67. The van der Waals surface area contributed by atoms with Gasteiger partial charge in [-0.2, -0.15) is 0 Å². The molecule has 1 atom stereocenters. The topological polar surface area (TPSA) is 38.0 Å². The zero-order chi connectivity index (χ0) is 14.0. The summed E-state index contributed by atoms with van der Waals surface area (Å²) in [7, 11) is 0. The highest BCUT2D eigenvalue weighted by atomic mass is 19.1. The van der Waals surface area contributed by atoms with Crippen molar-refractivity contribution < 1.29 is 8.78 Å². The monoisotopic (exact) mass is 262 g/mol. The number of hydrogen-bond acceptors (Lipinski definition) is 2. The van der Waals surface area contributed by atoms with Crippen molar-refractivity contribution in [3.8, 4) is 0 Å². The number of hydrazine groups is 1. The predicted octanol–water partition coefficient (Wildman–Crippen LogP) is 3.13. The first-order valence-electron chi connectivity index (χ1n) is 6.01. The van der Waals surface area contributed by atoms with Crippen LogP contribution < -0.4 is 11.3 Å². The Morgan fingerprint density at radius 3 is 2.16 bits per heavy atom. The number of nitrogens with two attached hydrogens (primary N) is 1. The van der Waals surface area contributed by atoms with Crippen LogP contribution in [0, 0.1) is 25.5 Å². The van der Waals surface area contributed by atoms with E-state index in [4.69, 9.17) is 5.84 Å². The molecule has 0 fully saturated rings. The Balaban J connectivity index is 2.52. The second-order valence-electron chi connectivity index (χ2n) is 4.65. The van der Waals surface area contributed by atoms with Gasteiger partial charge in [0, 0.05) is 11.1 Å². The van der Waals surface area contributed by atoms with Gasteiger partial charge in [-0.05, 0) is 31.5 Å². The van der Waals surface area contributed by atoms with Crippen LogP contribution in [0.3, 0.4) is 0 Å². The van der Waals surface area contributed by atoms with E-state index >= 15 is 0 Å². The third-order valence-corrected chi connectivity index (χ3v) is 3.10. The van der Waals surface area contributed by atoms with Crippen molar-refractivity contribution in [3.05, 3.63) is 70.3 Å². The van der Waals surface area contributed by atoms with Crippen molar-refractivity contribution in [1.82, 2.24) is 5.43 Å². The molecule has 0 heterocycles. The molecule has 0 bridgehead atoms. The summed E-state index contributed by atoms with van der Waals surface area (Å²) >= 11 is 0. The van der Waals surface area contributed by atoms with Crippen molar-refractivity contribution in [2.24, 2.45) is 5.84 Å². The molecule has 2 aromatic carbocycles. The van der Waals surface area contributed by atoms with Crippen LogP contribution in [0.25, 0.3) is 0 Å². The van der Waals surface area contributed by atoms with Gasteiger partial charge in [-0.3, -0.25) is 5.84 Å². The molecule has 3 N–H and O–H groups in total. The van der Waals surface area contributed by atoms with Crippen molar-refractivity contribution in [2.75, 3.05) is 0 Å². The summed E-state index contributed by atoms with van der Waals surface area (Å²) in [6.07, 6.45) is 0. The summed E-state index contributed by atoms with van der Waals surface area (Å²) < 4.78 is 27.9. The maximum absolute atomic E-state index is 14.0. The van der Waals surface area contributed by atoms with Gasteiger partial charge in [0.15, 0.2) is 0 Å². The number of rotatable bonds is 3. The van der Waals surface area contributed by atoms with Gasteiger partial charge in [0.2, 0.25) is 0 Å². The maximum atomic E-state index is 14.0. The van der Waals surface area contributed by atoms with Crippen LogP contribution >= 0.6 is 0 Å². The van der Waals surface area contributed by atoms with Crippen LogP contribution in [0.1, 0.15) is 28.3 Å². The van der Waals surface area contributed by atoms with E-state index in [0.29, 0.717) is 11.1 Å². The maximum Gasteiger partial charge on any atom is 0.128 e. The highest BCUT2D eigenvalue weighted by Gasteiger charge is 2.20. The Morgan fingerprint density at radius 2 is 1.53 bits per heavy atom. The Bertz CT molecular complexity index is 597. The Kier molecular flexibility index (Phi) is 3.93. The van der Waals surface area contributed by atoms with E-state index < -0.39 is 17.7 Å². The van der Waals surface area contributed by atoms with Crippen molar-refractivity contribution >= 4 is 0 Å². The van der Waals surface area contributed by atoms with Gasteiger partial charge in [-0.25, -0.2) is 14.2 Å². The van der Waals surface area contributed by atoms with E-state index in [1.807, 2.05) is 6.92 Å². The molecule has 0 saturated carbocycles. The van der Waals surface area contributed by atoms with Gasteiger partial charge in [-0.15, -0.1) is 0 Å². The van der Waals surface area contributed by atoms with Gasteiger partial charge in [0.25, 0.3) is 0 Å². The smallest absolute Gasteiger partial charge is 0.128 e. The van der Waals surface area contributed by atoms with Gasteiger partial charge < -0.3 is 0 Å². The molecule has 0 amide bonds. The fourth-order valence-corrected chi connectivity index (χ4v) is 2.10. The van der Waals surface area contributed by atoms with E-state index in [1.165, 1.54) is 12.1 Å². The van der Waals surface area contributed by atoms with E-state index in [-0.39, 0.29) is 0 Å². The molecule has 0 aliphatic rings. The molecular formula is C15H16F2N2. The molecule has 0 aromatic heterocycles. The molecule has 2 aromatic rings. The van der Waals surface area contributed by atoms with Crippen LogP contribution in [0.2, 0.25) is 0 Å². The van der Waals surface area contributed by atoms with Crippen LogP contribution in [-0.4, -0.2) is 0 Å². The normalized spacial score (nSPS) is 12.5. The van der Waals surface area contributed by atoms with Crippen molar-refractivity contribution in [3.63, 3.8) is 0 Å². The van der Waals surface area contributed by atoms with Gasteiger partial charge in [-0.1, -0.05) is 29.8 Å². The minimum atomic E-state index is -0.708. The van der Waals surface area contributed by atoms with Crippen LogP contribution in [0.4, 0.5) is 8.78 Å². The average Bonchev–Trinajstić information content (AvgIpc) is 2.36. The molecule has 2 nitrogen and oxygen atoms in total. The molecule has 19 heavy (non-hydrogen) atoms. The van der Waals surface area contributed by atoms with E-state index in [1.54, 1.807) is 31.2 Å². The van der Waals surface area contributed by atoms with E-state index in [9.17, 15) is 8.78 Å². The molecule has 0 saturated heterocycles. The molecule has 0 spiro atoms. The number of aryl methyl sites for hydroxylation is 2. The van der Waals surface area contributed by atoms with E-state index in [0.717, 1.165) is 11.1 Å². The molecule has 1 unspecified atom stereocenters. The molecule has 4 heteroatoms. The molecule has 2 rings (SSSR count). The quantitative estimate of drug-likeness (QED) is 0.658. The summed E-state index contributed by atoms with van der Waals surface area (Å²) in [6.45, 7) is 3.65. The largest absolute Gasteiger partial charge is 0.271 e. The van der Waals surface area contributed by atoms with Gasteiger partial charge in [0.05, 0.1) is 6.04 Å². The standard InChI is InChI=1S/C15H16F2N2/c1-9-4-6-13(16)12(7-9)15(19-18)11-5-3-10(2)8-14(11)17/h3-8,15,19H,18H2,1-2H3. The number of hydrogen-bond donors (Lipinski definition) is 2. The lowest BCUT2D eigenvalue weighted by molar-refractivity contribution is 0.530. The SMILES string of the molecule is Cc1ccc(C(NN)c2cc(C)ccc2F)c(F)c1. The predicted molar refractivity (Wildman–Crippen MR) is 71.4 cm³/mol. The Morgan fingerprint density at radius 1 is 0.895 bits per heavy atom. The molecule has 100 valence electrons. The lowest BCUT2D eigenvalue weighted by Crippen LogP contribution is -2.30. The van der Waals surface area contributed by atoms with Crippen LogP contribution in [0.5, 0.6) is 0 Å². The lowest BCUT2D eigenvalue weighted by Gasteiger charge is -2.19. The van der Waals surface area contributed by atoms with Crippen molar-refractivity contribution in [1.29, 1.82) is 0 Å². The van der Waals surface area contributed by atoms with Crippen LogP contribution in [0.15, 0.2) is 36.4 Å². The third kappa shape index (κ3) is 2.80. The molecular weight excluding hydrogens is 246 g/mol. The second-order valence-corrected chi connectivity index (χ2v) is 4.65. The third-order valence-electron chi connectivity index (χ3n) is 3.10. The number of halogens is 2. The summed E-state index contributed by atoms with van der Waals surface area (Å²) in [6, 6.07) is 8.79. The summed E-state index contributed by atoms with van der Waals surface area (Å²) in [4.78, 5) is 0. The first kappa shape index (κ1) is 13.6. The van der Waals surface area contributed by atoms with Gasteiger partial charge >= 0.3 is 0 Å². The number of benzene rings is 2. The van der Waals surface area contributed by atoms with Gasteiger partial charge in [0.1, 0.15) is 11.6 Å². The summed E-state index contributed by atoms with van der Waals surface area (Å²) in [5, 5.41) is 0. The second kappa shape index (κ2) is 5.47. The Hall–Kier alpha value is -1.78. The number of nitrogens with one attached hydrogen (secondary N) is 1. The zero-order valence-electron chi connectivity index (χ0n) is 10.9. The molecule has 0 radical (unpaired) electrons. The minimum Gasteiger partial charge on any atom is -0.271 e. The highest BCUT2D eigenvalue weighted by Crippen LogP contribution is 2.27. The lowest BCUT2D eigenvalue weighted by atomic mass is 9.96. The molecule has 0 aliphatic heterocycles. The average molecular weight is 262 g/mol. The fourth-order valence-electron chi connectivity index (χ4n) is 2.10. The van der Waals surface area contributed by atoms with Crippen molar-refractivity contribution in [2.45, 2.75) is 19.9 Å². The highest BCUT2D eigenvalue weighted by molar-refractivity contribution is 5.36. The first-order valence-corrected chi connectivity index (χ1v) is 6.01. The summed E-state index contributed by atoms with van der Waals surface area (Å²) in [5.41, 5.74) is 4.85. The minimum absolute atomic E-state index is 0.331. The fraction of sp³-hybridized carbons (Fsp3) is 0.200. The van der Waals surface area contributed by atoms with E-state index in [2.05, 4.69) is 5.43 Å². The zero-order valence-corrected chi connectivity index (χ0v) is 10.9. The Labute approximate surface area is 111 Å². The first-order chi connectivity index (χ1) is 9.02.